The lowest BCUT2D eigenvalue weighted by molar-refractivity contribution is -0.180. The summed E-state index contributed by atoms with van der Waals surface area (Å²) < 4.78 is 21.7. The molecule has 4 unspecified atom stereocenters. The van der Waals surface area contributed by atoms with Gasteiger partial charge in [-0.3, -0.25) is 0 Å². The van der Waals surface area contributed by atoms with Crippen LogP contribution in [0.1, 0.15) is 52.7 Å². The highest BCUT2D eigenvalue weighted by Crippen LogP contribution is 2.33. The van der Waals surface area contributed by atoms with Gasteiger partial charge in [0.1, 0.15) is 11.5 Å². The second-order valence-electron chi connectivity index (χ2n) is 7.52. The second-order valence-corrected chi connectivity index (χ2v) is 7.52. The molecule has 0 saturated heterocycles. The minimum atomic E-state index is -0.878. The molecule has 0 aliphatic carbocycles. The lowest BCUT2D eigenvalue weighted by Crippen LogP contribution is -2.22. The number of hydrogen-bond donors (Lipinski definition) is 2. The van der Waals surface area contributed by atoms with Crippen LogP contribution in [-0.4, -0.2) is 35.4 Å². The third kappa shape index (κ3) is 7.01. The summed E-state index contributed by atoms with van der Waals surface area (Å²) >= 11 is 0. The van der Waals surface area contributed by atoms with Crippen LogP contribution < -0.4 is 9.47 Å². The van der Waals surface area contributed by atoms with E-state index >= 15 is 0 Å². The van der Waals surface area contributed by atoms with Gasteiger partial charge < -0.3 is 29.2 Å². The fourth-order valence-corrected chi connectivity index (χ4v) is 3.06. The van der Waals surface area contributed by atoms with Crippen molar-refractivity contribution in [3.63, 3.8) is 0 Å². The number of aliphatic hydroxyl groups excluding tert-OH is 2. The first-order valence-corrected chi connectivity index (χ1v) is 9.79. The average Bonchev–Trinajstić information content (AvgIpc) is 2.61. The SMILES string of the molecule is CC(O)OC(C)Oc1ccc(C(C)(C)c2ccc(OC(C)OC(C)O)cc2)cc1. The zero-order valence-electron chi connectivity index (χ0n) is 18.0. The molecule has 2 aromatic rings. The van der Waals surface area contributed by atoms with E-state index in [4.69, 9.17) is 18.9 Å². The van der Waals surface area contributed by atoms with E-state index in [2.05, 4.69) is 13.8 Å². The fraction of sp³-hybridized carbons (Fsp3) is 0.478. The Balaban J connectivity index is 2.05. The van der Waals surface area contributed by atoms with Crippen molar-refractivity contribution in [2.75, 3.05) is 0 Å². The van der Waals surface area contributed by atoms with Gasteiger partial charge in [-0.1, -0.05) is 38.1 Å². The maximum Gasteiger partial charge on any atom is 0.199 e. The molecule has 4 atom stereocenters. The van der Waals surface area contributed by atoms with Crippen LogP contribution in [0, 0.1) is 0 Å². The van der Waals surface area contributed by atoms with Crippen LogP contribution in [0.15, 0.2) is 48.5 Å². The van der Waals surface area contributed by atoms with Gasteiger partial charge in [0.2, 0.25) is 0 Å². The lowest BCUT2D eigenvalue weighted by atomic mass is 9.78. The molecular formula is C23H32O6. The van der Waals surface area contributed by atoms with E-state index in [9.17, 15) is 10.2 Å². The number of hydrogen-bond acceptors (Lipinski definition) is 6. The van der Waals surface area contributed by atoms with Crippen molar-refractivity contribution in [1.82, 2.24) is 0 Å². The van der Waals surface area contributed by atoms with Gasteiger partial charge >= 0.3 is 0 Å². The Kier molecular flexibility index (Phi) is 8.05. The van der Waals surface area contributed by atoms with Gasteiger partial charge in [-0.2, -0.15) is 0 Å². The molecule has 160 valence electrons. The maximum absolute atomic E-state index is 9.25. The number of aliphatic hydroxyl groups is 2. The quantitative estimate of drug-likeness (QED) is 0.579. The molecular weight excluding hydrogens is 372 g/mol. The zero-order chi connectivity index (χ0) is 21.6. The zero-order valence-corrected chi connectivity index (χ0v) is 18.0. The molecule has 2 N–H and O–H groups in total. The van der Waals surface area contributed by atoms with Gasteiger partial charge in [0.25, 0.3) is 0 Å². The van der Waals surface area contributed by atoms with Gasteiger partial charge in [-0.15, -0.1) is 0 Å². The molecule has 6 heteroatoms. The van der Waals surface area contributed by atoms with Crippen LogP contribution in [-0.2, 0) is 14.9 Å². The summed E-state index contributed by atoms with van der Waals surface area (Å²) in [4.78, 5) is 0. The van der Waals surface area contributed by atoms with Crippen molar-refractivity contribution < 1.29 is 29.2 Å². The maximum atomic E-state index is 9.25. The molecule has 0 amide bonds. The first-order valence-electron chi connectivity index (χ1n) is 9.79. The summed E-state index contributed by atoms with van der Waals surface area (Å²) in [5.74, 6) is 1.35. The van der Waals surface area contributed by atoms with Gasteiger partial charge in [-0.25, -0.2) is 0 Å². The molecule has 0 heterocycles. The molecule has 0 aliphatic heterocycles. The topological polar surface area (TPSA) is 77.4 Å². The third-order valence-corrected chi connectivity index (χ3v) is 4.53. The van der Waals surface area contributed by atoms with Crippen LogP contribution >= 0.6 is 0 Å². The smallest absolute Gasteiger partial charge is 0.199 e. The Labute approximate surface area is 173 Å². The highest BCUT2D eigenvalue weighted by Gasteiger charge is 2.23. The predicted molar refractivity (Wildman–Crippen MR) is 111 cm³/mol. The Morgan fingerprint density at radius 1 is 0.621 bits per heavy atom. The molecule has 29 heavy (non-hydrogen) atoms. The van der Waals surface area contributed by atoms with E-state index in [1.165, 1.54) is 0 Å². The average molecular weight is 405 g/mol. The van der Waals surface area contributed by atoms with E-state index < -0.39 is 25.2 Å². The summed E-state index contributed by atoms with van der Waals surface area (Å²) in [6.07, 6.45) is -2.84. The normalized spacial score (nSPS) is 16.0. The van der Waals surface area contributed by atoms with Crippen molar-refractivity contribution in [2.24, 2.45) is 0 Å². The second kappa shape index (κ2) is 10.1. The summed E-state index contributed by atoms with van der Waals surface area (Å²) in [6, 6.07) is 15.7. The molecule has 2 rings (SSSR count). The van der Waals surface area contributed by atoms with E-state index in [0.717, 1.165) is 11.1 Å². The molecule has 2 aromatic carbocycles. The van der Waals surface area contributed by atoms with E-state index in [1.54, 1.807) is 27.7 Å². The van der Waals surface area contributed by atoms with E-state index in [1.807, 2.05) is 48.5 Å². The van der Waals surface area contributed by atoms with Crippen LogP contribution in [0.5, 0.6) is 11.5 Å². The molecule has 0 spiro atoms. The van der Waals surface area contributed by atoms with Gasteiger partial charge in [0.05, 0.1) is 0 Å². The molecule has 0 saturated carbocycles. The largest absolute Gasteiger partial charge is 0.465 e. The standard InChI is InChI=1S/C23H32O6/c1-15(24)26-17(3)28-21-11-7-19(8-12-21)23(5,6)20-9-13-22(14-10-20)29-18(4)27-16(2)25/h7-18,24-25H,1-6H3. The Morgan fingerprint density at radius 3 is 1.21 bits per heavy atom. The predicted octanol–water partition coefficient (Wildman–Crippen LogP) is 4.17. The van der Waals surface area contributed by atoms with Gasteiger partial charge in [0, 0.05) is 5.41 Å². The minimum Gasteiger partial charge on any atom is -0.465 e. The van der Waals surface area contributed by atoms with E-state index in [-0.39, 0.29) is 5.41 Å². The minimum absolute atomic E-state index is 0.222. The van der Waals surface area contributed by atoms with Crippen LogP contribution in [0.3, 0.4) is 0 Å². The van der Waals surface area contributed by atoms with E-state index in [0.29, 0.717) is 11.5 Å². The van der Waals surface area contributed by atoms with Crippen molar-refractivity contribution in [3.8, 4) is 11.5 Å². The molecule has 0 aliphatic rings. The first kappa shape index (κ1) is 23.2. The molecule has 0 fully saturated rings. The highest BCUT2D eigenvalue weighted by atomic mass is 16.7. The Hall–Kier alpha value is -2.12. The molecule has 6 nitrogen and oxygen atoms in total. The summed E-state index contributed by atoms with van der Waals surface area (Å²) in [6.45, 7) is 10.9. The summed E-state index contributed by atoms with van der Waals surface area (Å²) in [5.41, 5.74) is 2.04. The fourth-order valence-electron chi connectivity index (χ4n) is 3.06. The Bertz CT molecular complexity index is 673. The van der Waals surface area contributed by atoms with Crippen LogP contribution in [0.25, 0.3) is 0 Å². The first-order chi connectivity index (χ1) is 13.6. The molecule has 0 aromatic heterocycles. The lowest BCUT2D eigenvalue weighted by Gasteiger charge is -2.27. The van der Waals surface area contributed by atoms with Crippen molar-refractivity contribution in [3.05, 3.63) is 59.7 Å². The summed E-state index contributed by atoms with van der Waals surface area (Å²) in [5, 5.41) is 18.5. The molecule has 0 radical (unpaired) electrons. The Morgan fingerprint density at radius 2 is 0.931 bits per heavy atom. The van der Waals surface area contributed by atoms with Crippen molar-refractivity contribution >= 4 is 0 Å². The number of benzene rings is 2. The van der Waals surface area contributed by atoms with Crippen molar-refractivity contribution in [2.45, 2.75) is 72.1 Å². The highest BCUT2D eigenvalue weighted by molar-refractivity contribution is 5.41. The number of ether oxygens (including phenoxy) is 4. The summed E-state index contributed by atoms with van der Waals surface area (Å²) in [7, 11) is 0. The third-order valence-electron chi connectivity index (χ3n) is 4.53. The van der Waals surface area contributed by atoms with Crippen LogP contribution in [0.2, 0.25) is 0 Å². The van der Waals surface area contributed by atoms with Crippen LogP contribution in [0.4, 0.5) is 0 Å². The van der Waals surface area contributed by atoms with Gasteiger partial charge in [-0.05, 0) is 63.1 Å². The van der Waals surface area contributed by atoms with Gasteiger partial charge in [0.15, 0.2) is 25.2 Å². The molecule has 0 bridgehead atoms. The number of rotatable bonds is 10. The monoisotopic (exact) mass is 404 g/mol. The van der Waals surface area contributed by atoms with Crippen molar-refractivity contribution in [1.29, 1.82) is 0 Å².